The van der Waals surface area contributed by atoms with E-state index in [0.717, 1.165) is 0 Å². The quantitative estimate of drug-likeness (QED) is 0.617. The predicted molar refractivity (Wildman–Crippen MR) is 56.9 cm³/mol. The van der Waals surface area contributed by atoms with Gasteiger partial charge in [0.25, 0.3) is 0 Å². The summed E-state index contributed by atoms with van der Waals surface area (Å²) in [5.41, 5.74) is 0. The lowest BCUT2D eigenvalue weighted by Gasteiger charge is -2.01. The molecule has 0 aromatic heterocycles. The summed E-state index contributed by atoms with van der Waals surface area (Å²) in [5.74, 6) is -0.564. The molecule has 0 saturated heterocycles. The van der Waals surface area contributed by atoms with Crippen LogP contribution in [0.25, 0.3) is 0 Å². The van der Waals surface area contributed by atoms with Gasteiger partial charge >= 0.3 is 0 Å². The van der Waals surface area contributed by atoms with Gasteiger partial charge in [0.15, 0.2) is 11.6 Å². The van der Waals surface area contributed by atoms with Gasteiger partial charge in [-0.2, -0.15) is 0 Å². The van der Waals surface area contributed by atoms with Crippen molar-refractivity contribution in [3.05, 3.63) is 12.2 Å². The van der Waals surface area contributed by atoms with Gasteiger partial charge in [0.2, 0.25) is 0 Å². The SMILES string of the molecule is O=C1C=CC(=O)CCC(=O)CCC(=O)CC1. The molecule has 0 radical (unpaired) electrons. The maximum Gasteiger partial charge on any atom is 0.156 e. The van der Waals surface area contributed by atoms with Gasteiger partial charge in [-0.05, 0) is 12.2 Å². The third-order valence-electron chi connectivity index (χ3n) is 2.44. The van der Waals surface area contributed by atoms with E-state index in [-0.39, 0.29) is 61.7 Å². The zero-order valence-corrected chi connectivity index (χ0v) is 9.03. The van der Waals surface area contributed by atoms with E-state index in [0.29, 0.717) is 0 Å². The molecule has 0 aromatic carbocycles. The second-order valence-corrected chi connectivity index (χ2v) is 3.84. The molecule has 4 heteroatoms. The summed E-state index contributed by atoms with van der Waals surface area (Å²) < 4.78 is 0. The zero-order chi connectivity index (χ0) is 12.0. The van der Waals surface area contributed by atoms with E-state index in [1.807, 2.05) is 0 Å². The highest BCUT2D eigenvalue weighted by atomic mass is 16.1. The zero-order valence-electron chi connectivity index (χ0n) is 9.03. The molecular formula is C12H14O4. The largest absolute Gasteiger partial charge is 0.300 e. The lowest BCUT2D eigenvalue weighted by atomic mass is 10.0. The van der Waals surface area contributed by atoms with Crippen molar-refractivity contribution in [3.63, 3.8) is 0 Å². The maximum absolute atomic E-state index is 11.3. The van der Waals surface area contributed by atoms with Crippen LogP contribution in [0.15, 0.2) is 12.2 Å². The maximum atomic E-state index is 11.3. The summed E-state index contributed by atoms with van der Waals surface area (Å²) in [6.07, 6.45) is 3.32. The van der Waals surface area contributed by atoms with Gasteiger partial charge in [-0.25, -0.2) is 0 Å². The van der Waals surface area contributed by atoms with Crippen LogP contribution >= 0.6 is 0 Å². The van der Waals surface area contributed by atoms with Crippen molar-refractivity contribution in [1.29, 1.82) is 0 Å². The van der Waals surface area contributed by atoms with Gasteiger partial charge < -0.3 is 0 Å². The normalized spacial score (nSPS) is 20.5. The van der Waals surface area contributed by atoms with Crippen LogP contribution in [0.1, 0.15) is 38.5 Å². The van der Waals surface area contributed by atoms with E-state index in [1.54, 1.807) is 0 Å². The van der Waals surface area contributed by atoms with Gasteiger partial charge in [0, 0.05) is 38.5 Å². The highest BCUT2D eigenvalue weighted by molar-refractivity contribution is 6.01. The van der Waals surface area contributed by atoms with Crippen molar-refractivity contribution in [2.24, 2.45) is 0 Å². The van der Waals surface area contributed by atoms with Crippen molar-refractivity contribution >= 4 is 23.1 Å². The molecule has 0 spiro atoms. The van der Waals surface area contributed by atoms with Crippen LogP contribution in [0.3, 0.4) is 0 Å². The molecule has 0 heterocycles. The molecule has 0 aliphatic heterocycles. The number of hydrogen-bond donors (Lipinski definition) is 0. The summed E-state index contributed by atoms with van der Waals surface area (Å²) in [4.78, 5) is 44.9. The molecule has 86 valence electrons. The van der Waals surface area contributed by atoms with Crippen molar-refractivity contribution in [3.8, 4) is 0 Å². The molecule has 0 unspecified atom stereocenters. The predicted octanol–water partition coefficient (Wildman–Crippen LogP) is 1.17. The lowest BCUT2D eigenvalue weighted by molar-refractivity contribution is -0.126. The number of hydrogen-bond acceptors (Lipinski definition) is 4. The second kappa shape index (κ2) is 6.10. The number of carbonyl (C=O) groups excluding carboxylic acids is 4. The van der Waals surface area contributed by atoms with Crippen LogP contribution in [-0.2, 0) is 19.2 Å². The van der Waals surface area contributed by atoms with Gasteiger partial charge in [-0.1, -0.05) is 0 Å². The van der Waals surface area contributed by atoms with Crippen LogP contribution < -0.4 is 0 Å². The van der Waals surface area contributed by atoms with Crippen molar-refractivity contribution in [1.82, 2.24) is 0 Å². The topological polar surface area (TPSA) is 68.3 Å². The number of ketones is 4. The van der Waals surface area contributed by atoms with E-state index in [9.17, 15) is 19.2 Å². The average Bonchev–Trinajstić information content (AvgIpc) is 2.27. The molecule has 1 rings (SSSR count). The molecule has 1 aliphatic rings. The molecule has 16 heavy (non-hydrogen) atoms. The summed E-state index contributed by atoms with van der Waals surface area (Å²) in [7, 11) is 0. The minimum atomic E-state index is -0.214. The fourth-order valence-electron chi connectivity index (χ4n) is 1.41. The molecule has 0 fully saturated rings. The number of carbonyl (C=O) groups is 4. The molecule has 0 N–H and O–H groups in total. The summed E-state index contributed by atoms with van der Waals surface area (Å²) in [6, 6.07) is 0. The Balaban J connectivity index is 2.64. The molecule has 0 aromatic rings. The Morgan fingerprint density at radius 2 is 0.875 bits per heavy atom. The van der Waals surface area contributed by atoms with Crippen LogP contribution in [0, 0.1) is 0 Å². The van der Waals surface area contributed by atoms with Crippen LogP contribution in [-0.4, -0.2) is 23.1 Å². The fourth-order valence-corrected chi connectivity index (χ4v) is 1.41. The summed E-state index contributed by atoms with van der Waals surface area (Å²) in [6.45, 7) is 0. The number of rotatable bonds is 0. The highest BCUT2D eigenvalue weighted by Gasteiger charge is 2.11. The van der Waals surface area contributed by atoms with E-state index >= 15 is 0 Å². The Kier molecular flexibility index (Phi) is 4.76. The van der Waals surface area contributed by atoms with E-state index < -0.39 is 0 Å². The minimum absolute atomic E-state index is 0.0676. The van der Waals surface area contributed by atoms with Crippen LogP contribution in [0.2, 0.25) is 0 Å². The molecule has 0 bridgehead atoms. The molecule has 4 nitrogen and oxygen atoms in total. The Labute approximate surface area is 93.7 Å². The van der Waals surface area contributed by atoms with Crippen molar-refractivity contribution < 1.29 is 19.2 Å². The van der Waals surface area contributed by atoms with E-state index in [4.69, 9.17) is 0 Å². The molecule has 0 saturated carbocycles. The van der Waals surface area contributed by atoms with Crippen molar-refractivity contribution in [2.45, 2.75) is 38.5 Å². The van der Waals surface area contributed by atoms with E-state index in [1.165, 1.54) is 12.2 Å². The van der Waals surface area contributed by atoms with Crippen molar-refractivity contribution in [2.75, 3.05) is 0 Å². The minimum Gasteiger partial charge on any atom is -0.300 e. The first-order valence-electron chi connectivity index (χ1n) is 5.35. The van der Waals surface area contributed by atoms with Gasteiger partial charge in [-0.3, -0.25) is 19.2 Å². The van der Waals surface area contributed by atoms with E-state index in [2.05, 4.69) is 0 Å². The number of allylic oxidation sites excluding steroid dienone is 2. The monoisotopic (exact) mass is 222 g/mol. The molecule has 1 aliphatic carbocycles. The van der Waals surface area contributed by atoms with Crippen LogP contribution in [0.5, 0.6) is 0 Å². The standard InChI is InChI=1S/C12H14O4/c13-9-1-2-10(14)5-6-12(16)8-7-11(15)4-3-9/h1-2H,3-8H2. The van der Waals surface area contributed by atoms with Gasteiger partial charge in [0.1, 0.15) is 11.6 Å². The first-order chi connectivity index (χ1) is 7.58. The smallest absolute Gasteiger partial charge is 0.156 e. The number of Topliss-reactive ketones (excluding diaryl/α,β-unsaturated/α-hetero) is 2. The fraction of sp³-hybridized carbons (Fsp3) is 0.500. The molecular weight excluding hydrogens is 208 g/mol. The van der Waals surface area contributed by atoms with Crippen LogP contribution in [0.4, 0.5) is 0 Å². The van der Waals surface area contributed by atoms with Gasteiger partial charge in [-0.15, -0.1) is 0 Å². The third-order valence-corrected chi connectivity index (χ3v) is 2.44. The second-order valence-electron chi connectivity index (χ2n) is 3.84. The lowest BCUT2D eigenvalue weighted by Crippen LogP contribution is -2.09. The Morgan fingerprint density at radius 1 is 0.562 bits per heavy atom. The average molecular weight is 222 g/mol. The third kappa shape index (κ3) is 4.77. The summed E-state index contributed by atoms with van der Waals surface area (Å²) >= 11 is 0. The Hall–Kier alpha value is -1.58. The first-order valence-corrected chi connectivity index (χ1v) is 5.35. The first kappa shape index (κ1) is 12.5. The highest BCUT2D eigenvalue weighted by Crippen LogP contribution is 2.06. The Bertz CT molecular complexity index is 318. The molecule has 0 atom stereocenters. The Morgan fingerprint density at radius 3 is 1.25 bits per heavy atom. The summed E-state index contributed by atoms with van der Waals surface area (Å²) in [5, 5.41) is 0. The van der Waals surface area contributed by atoms with Gasteiger partial charge in [0.05, 0.1) is 0 Å². The molecule has 0 amide bonds.